The quantitative estimate of drug-likeness (QED) is 0.371. The fraction of sp³-hybridized carbons (Fsp3) is 1.00. The van der Waals surface area contributed by atoms with E-state index < -0.39 is 0 Å². The zero-order valence-corrected chi connectivity index (χ0v) is 11.9. The van der Waals surface area contributed by atoms with Gasteiger partial charge in [-0.05, 0) is 32.1 Å². The average molecular weight is 250 g/mol. The molecule has 3 heteroatoms. The van der Waals surface area contributed by atoms with Crippen molar-refractivity contribution in [3.8, 4) is 0 Å². The molecule has 0 bridgehead atoms. The van der Waals surface area contributed by atoms with E-state index in [2.05, 4.69) is 21.0 Å². The molecule has 1 aliphatic rings. The summed E-state index contributed by atoms with van der Waals surface area (Å²) in [6.07, 6.45) is 9.49. The van der Waals surface area contributed by atoms with Gasteiger partial charge in [0.05, 0.1) is 26.7 Å². The Bertz CT molecular complexity index is 167. The topological polar surface area (TPSA) is 9.23 Å². The van der Waals surface area contributed by atoms with Crippen LogP contribution in [0.1, 0.15) is 51.9 Å². The first-order valence-electron chi connectivity index (χ1n) is 6.57. The van der Waals surface area contributed by atoms with Gasteiger partial charge < -0.3 is 21.6 Å². The fourth-order valence-electron chi connectivity index (χ4n) is 2.43. The average Bonchev–Trinajstić information content (AvgIpc) is 2.26. The molecule has 1 aliphatic carbocycles. The summed E-state index contributed by atoms with van der Waals surface area (Å²) >= 11 is 0. The summed E-state index contributed by atoms with van der Waals surface area (Å²) in [5.74, 6) is 0. The molecule has 0 aromatic carbocycles. The highest BCUT2D eigenvalue weighted by atomic mass is 35.5. The molecule has 0 aromatic heterocycles. The summed E-state index contributed by atoms with van der Waals surface area (Å²) in [7, 11) is 4.64. The third-order valence-corrected chi connectivity index (χ3v) is 3.63. The second-order valence-electron chi connectivity index (χ2n) is 5.46. The van der Waals surface area contributed by atoms with Gasteiger partial charge in [0, 0.05) is 0 Å². The molecule has 0 aliphatic heterocycles. The lowest BCUT2D eigenvalue weighted by Crippen LogP contribution is -3.00. The van der Waals surface area contributed by atoms with Gasteiger partial charge >= 0.3 is 0 Å². The van der Waals surface area contributed by atoms with Crippen molar-refractivity contribution >= 4 is 0 Å². The highest BCUT2D eigenvalue weighted by Gasteiger charge is 2.29. The van der Waals surface area contributed by atoms with Gasteiger partial charge in [0.25, 0.3) is 0 Å². The highest BCUT2D eigenvalue weighted by molar-refractivity contribution is 4.65. The molecule has 2 nitrogen and oxygen atoms in total. The van der Waals surface area contributed by atoms with E-state index >= 15 is 0 Å². The van der Waals surface area contributed by atoms with Gasteiger partial charge in [0.1, 0.15) is 0 Å². The Morgan fingerprint density at radius 1 is 1.12 bits per heavy atom. The monoisotopic (exact) mass is 249 g/mol. The predicted molar refractivity (Wildman–Crippen MR) is 64.7 cm³/mol. The Hall–Kier alpha value is 0.210. The number of nitrogens with zero attached hydrogens (tertiary/aromatic N) is 1. The van der Waals surface area contributed by atoms with Crippen LogP contribution < -0.4 is 12.4 Å². The Labute approximate surface area is 107 Å². The van der Waals surface area contributed by atoms with Crippen LogP contribution >= 0.6 is 0 Å². The molecule has 1 fully saturated rings. The van der Waals surface area contributed by atoms with E-state index in [0.717, 1.165) is 23.9 Å². The molecule has 0 radical (unpaired) electrons. The van der Waals surface area contributed by atoms with Crippen LogP contribution in [0.5, 0.6) is 0 Å². The molecule has 0 saturated heterocycles. The van der Waals surface area contributed by atoms with Crippen LogP contribution in [0.3, 0.4) is 0 Å². The van der Waals surface area contributed by atoms with Gasteiger partial charge in [-0.1, -0.05) is 19.8 Å². The number of hydrogen-bond acceptors (Lipinski definition) is 1. The molecule has 1 rings (SSSR count). The van der Waals surface area contributed by atoms with E-state index in [9.17, 15) is 0 Å². The highest BCUT2D eigenvalue weighted by Crippen LogP contribution is 2.25. The maximum Gasteiger partial charge on any atom is 0.182 e. The van der Waals surface area contributed by atoms with Crippen LogP contribution in [0.25, 0.3) is 0 Å². The van der Waals surface area contributed by atoms with Crippen molar-refractivity contribution in [3.05, 3.63) is 0 Å². The van der Waals surface area contributed by atoms with Crippen molar-refractivity contribution in [2.24, 2.45) is 0 Å². The molecule has 16 heavy (non-hydrogen) atoms. The minimum atomic E-state index is 0. The standard InChI is InChI=1S/C13H28NO.ClH/c1-4-5-11-15-12-14(2,3)13-9-7-6-8-10-13;/h13H,4-12H2,1-3H3;1H/q+1;/p-1. The van der Waals surface area contributed by atoms with Gasteiger partial charge in [-0.3, -0.25) is 0 Å². The molecule has 0 spiro atoms. The van der Waals surface area contributed by atoms with Crippen molar-refractivity contribution in [2.75, 3.05) is 27.4 Å². The Morgan fingerprint density at radius 2 is 1.75 bits per heavy atom. The van der Waals surface area contributed by atoms with Gasteiger partial charge in [0.15, 0.2) is 6.73 Å². The van der Waals surface area contributed by atoms with Crippen molar-refractivity contribution in [3.63, 3.8) is 0 Å². The number of hydrogen-bond donors (Lipinski definition) is 0. The van der Waals surface area contributed by atoms with Crippen LogP contribution in [-0.2, 0) is 4.74 Å². The van der Waals surface area contributed by atoms with E-state index in [0.29, 0.717) is 0 Å². The molecule has 0 N–H and O–H groups in total. The minimum Gasteiger partial charge on any atom is -1.00 e. The van der Waals surface area contributed by atoms with E-state index in [1.54, 1.807) is 0 Å². The Morgan fingerprint density at radius 3 is 2.31 bits per heavy atom. The lowest BCUT2D eigenvalue weighted by atomic mass is 9.93. The normalized spacial score (nSPS) is 18.2. The molecule has 1 saturated carbocycles. The molecule has 0 atom stereocenters. The summed E-state index contributed by atoms with van der Waals surface area (Å²) < 4.78 is 6.82. The van der Waals surface area contributed by atoms with Crippen LogP contribution in [0.2, 0.25) is 0 Å². The van der Waals surface area contributed by atoms with Gasteiger partial charge in [-0.2, -0.15) is 0 Å². The molecule has 0 unspecified atom stereocenters. The first kappa shape index (κ1) is 16.2. The van der Waals surface area contributed by atoms with E-state index in [4.69, 9.17) is 4.74 Å². The Balaban J connectivity index is 0.00000225. The number of ether oxygens (including phenoxy) is 1. The van der Waals surface area contributed by atoms with Crippen molar-refractivity contribution in [1.82, 2.24) is 0 Å². The summed E-state index contributed by atoms with van der Waals surface area (Å²) in [6, 6.07) is 0.834. The van der Waals surface area contributed by atoms with Gasteiger partial charge in [-0.25, -0.2) is 0 Å². The van der Waals surface area contributed by atoms with Crippen LogP contribution in [0, 0.1) is 0 Å². The first-order chi connectivity index (χ1) is 7.17. The van der Waals surface area contributed by atoms with Crippen LogP contribution in [0.4, 0.5) is 0 Å². The molecular formula is C13H28ClNO. The second-order valence-corrected chi connectivity index (χ2v) is 5.46. The number of halogens is 1. The van der Waals surface area contributed by atoms with Crippen LogP contribution in [0.15, 0.2) is 0 Å². The summed E-state index contributed by atoms with van der Waals surface area (Å²) in [6.45, 7) is 4.04. The summed E-state index contributed by atoms with van der Waals surface area (Å²) in [5.41, 5.74) is 0. The number of rotatable bonds is 6. The third-order valence-electron chi connectivity index (χ3n) is 3.63. The van der Waals surface area contributed by atoms with Gasteiger partial charge in [-0.15, -0.1) is 0 Å². The maximum atomic E-state index is 5.76. The van der Waals surface area contributed by atoms with Crippen molar-refractivity contribution in [1.29, 1.82) is 0 Å². The third kappa shape index (κ3) is 5.51. The number of unbranched alkanes of at least 4 members (excludes halogenated alkanes) is 1. The molecular weight excluding hydrogens is 222 g/mol. The molecule has 0 amide bonds. The van der Waals surface area contributed by atoms with Gasteiger partial charge in [0.2, 0.25) is 0 Å². The van der Waals surface area contributed by atoms with Crippen LogP contribution in [-0.4, -0.2) is 38.0 Å². The molecule has 98 valence electrons. The number of quaternary nitrogens is 1. The zero-order valence-electron chi connectivity index (χ0n) is 11.2. The fourth-order valence-corrected chi connectivity index (χ4v) is 2.43. The van der Waals surface area contributed by atoms with E-state index in [-0.39, 0.29) is 12.4 Å². The Kier molecular flexibility index (Phi) is 8.43. The largest absolute Gasteiger partial charge is 1.00 e. The summed E-state index contributed by atoms with van der Waals surface area (Å²) in [4.78, 5) is 0. The zero-order chi connectivity index (χ0) is 11.1. The second kappa shape index (κ2) is 8.32. The van der Waals surface area contributed by atoms with Crippen molar-refractivity contribution in [2.45, 2.75) is 57.9 Å². The molecule has 0 heterocycles. The van der Waals surface area contributed by atoms with E-state index in [1.807, 2.05) is 0 Å². The predicted octanol–water partition coefficient (Wildman–Crippen LogP) is 0.174. The lowest BCUT2D eigenvalue weighted by molar-refractivity contribution is -0.934. The molecule has 0 aromatic rings. The minimum absolute atomic E-state index is 0. The smallest absolute Gasteiger partial charge is 0.182 e. The first-order valence-corrected chi connectivity index (χ1v) is 6.57. The summed E-state index contributed by atoms with van der Waals surface area (Å²) in [5, 5.41) is 0. The van der Waals surface area contributed by atoms with Crippen molar-refractivity contribution < 1.29 is 21.6 Å². The SMILES string of the molecule is CCCCOC[N+](C)(C)C1CCCCC1.[Cl-]. The lowest BCUT2D eigenvalue weighted by Gasteiger charge is -2.39. The maximum absolute atomic E-state index is 5.76. The van der Waals surface area contributed by atoms with E-state index in [1.165, 1.54) is 44.9 Å².